The summed E-state index contributed by atoms with van der Waals surface area (Å²) in [6, 6.07) is 53.7. The smallest absolute Gasteiger partial charge is 0.0629 e. The lowest BCUT2D eigenvalue weighted by molar-refractivity contribution is 1.03. The minimum Gasteiger partial charge on any atom is -0.0629 e. The Morgan fingerprint density at radius 1 is 0.472 bits per heavy atom. The Labute approximate surface area is 219 Å². The highest BCUT2D eigenvalue weighted by Crippen LogP contribution is 2.27. The van der Waals surface area contributed by atoms with Crippen LogP contribution < -0.4 is 20.7 Å². The molecule has 5 rings (SSSR count). The molecule has 0 nitrogen and oxygen atoms in total. The van der Waals surface area contributed by atoms with Gasteiger partial charge in [-0.2, -0.15) is 0 Å². The van der Waals surface area contributed by atoms with Crippen LogP contribution in [0.1, 0.15) is 22.2 Å². The number of hydrogen-bond donors (Lipinski definition) is 0. The van der Waals surface area contributed by atoms with Crippen LogP contribution in [0, 0.1) is 13.8 Å². The molecule has 0 aliphatic heterocycles. The van der Waals surface area contributed by atoms with Gasteiger partial charge >= 0.3 is 0 Å². The molecule has 0 heterocycles. The molecule has 0 radical (unpaired) electrons. The molecule has 0 fully saturated rings. The van der Waals surface area contributed by atoms with Gasteiger partial charge in [-0.05, 0) is 42.1 Å². The van der Waals surface area contributed by atoms with Crippen LogP contribution in [-0.4, -0.2) is 17.6 Å². The van der Waals surface area contributed by atoms with E-state index in [0.29, 0.717) is 5.54 Å². The van der Waals surface area contributed by atoms with Crippen molar-refractivity contribution in [2.75, 3.05) is 0 Å². The fraction of sp³-hybridized carbons (Fsp3) is 0.118. The largest absolute Gasteiger partial charge is 0.110 e. The maximum Gasteiger partial charge on any atom is 0.110 e. The molecule has 0 aromatic heterocycles. The van der Waals surface area contributed by atoms with E-state index in [0.717, 1.165) is 0 Å². The molecule has 2 heteroatoms. The first kappa shape index (κ1) is 24.2. The summed E-state index contributed by atoms with van der Waals surface area (Å²) >= 11 is 0. The summed E-state index contributed by atoms with van der Waals surface area (Å²) < 4.78 is 0. The van der Waals surface area contributed by atoms with Crippen molar-refractivity contribution < 1.29 is 0 Å². The standard InChI is InChI=1S/C34H34Si2/c1-27-23-24-29(25-28(27)2)34(36(32-19-11-5-12-20-32)33-21-13-6-14-22-33)26-35(30-15-7-3-8-16-30)31-17-9-4-10-18-31/h3-25,34-36H,26H2,1-2H3. The van der Waals surface area contributed by atoms with Crippen LogP contribution in [0.5, 0.6) is 0 Å². The van der Waals surface area contributed by atoms with Crippen LogP contribution in [0.25, 0.3) is 0 Å². The van der Waals surface area contributed by atoms with Crippen molar-refractivity contribution in [1.29, 1.82) is 0 Å². The Bertz CT molecular complexity index is 1290. The van der Waals surface area contributed by atoms with E-state index in [1.807, 2.05) is 0 Å². The van der Waals surface area contributed by atoms with Crippen molar-refractivity contribution in [2.24, 2.45) is 0 Å². The lowest BCUT2D eigenvalue weighted by atomic mass is 10.0. The van der Waals surface area contributed by atoms with Crippen molar-refractivity contribution >= 4 is 38.3 Å². The van der Waals surface area contributed by atoms with Gasteiger partial charge in [0, 0.05) is 0 Å². The van der Waals surface area contributed by atoms with Crippen LogP contribution in [-0.2, 0) is 0 Å². The second-order valence-electron chi connectivity index (χ2n) is 9.86. The molecule has 5 aromatic rings. The van der Waals surface area contributed by atoms with E-state index in [1.165, 1.54) is 43.5 Å². The summed E-state index contributed by atoms with van der Waals surface area (Å²) in [4.78, 5) is 0. The van der Waals surface area contributed by atoms with Gasteiger partial charge in [0.25, 0.3) is 0 Å². The summed E-state index contributed by atoms with van der Waals surface area (Å²) in [5.41, 5.74) is 4.78. The highest BCUT2D eigenvalue weighted by molar-refractivity contribution is 6.90. The fourth-order valence-electron chi connectivity index (χ4n) is 5.53. The van der Waals surface area contributed by atoms with Gasteiger partial charge < -0.3 is 0 Å². The first-order chi connectivity index (χ1) is 17.7. The molecule has 0 aliphatic rings. The maximum absolute atomic E-state index is 2.48. The molecule has 1 unspecified atom stereocenters. The minimum atomic E-state index is -1.60. The molecule has 36 heavy (non-hydrogen) atoms. The lowest BCUT2D eigenvalue weighted by Gasteiger charge is -2.31. The molecule has 0 amide bonds. The van der Waals surface area contributed by atoms with Gasteiger partial charge in [0.15, 0.2) is 0 Å². The van der Waals surface area contributed by atoms with E-state index in [2.05, 4.69) is 153 Å². The average molecular weight is 499 g/mol. The monoisotopic (exact) mass is 498 g/mol. The molecule has 0 spiro atoms. The first-order valence-electron chi connectivity index (χ1n) is 13.0. The third-order valence-corrected chi connectivity index (χ3v) is 15.1. The Morgan fingerprint density at radius 2 is 0.889 bits per heavy atom. The van der Waals surface area contributed by atoms with E-state index in [9.17, 15) is 0 Å². The number of benzene rings is 5. The van der Waals surface area contributed by atoms with Gasteiger partial charge in [-0.1, -0.05) is 160 Å². The van der Waals surface area contributed by atoms with E-state index >= 15 is 0 Å². The van der Waals surface area contributed by atoms with Crippen molar-refractivity contribution in [1.82, 2.24) is 0 Å². The third-order valence-electron chi connectivity index (χ3n) is 7.57. The average Bonchev–Trinajstić information content (AvgIpc) is 2.94. The Hall–Kier alpha value is -3.47. The van der Waals surface area contributed by atoms with Crippen molar-refractivity contribution in [3.8, 4) is 0 Å². The predicted molar refractivity (Wildman–Crippen MR) is 162 cm³/mol. The SMILES string of the molecule is Cc1ccc(C(C[SiH](c2ccccc2)c2ccccc2)[SiH](c2ccccc2)c2ccccc2)cc1C. The molecule has 0 aliphatic carbocycles. The zero-order valence-corrected chi connectivity index (χ0v) is 23.5. The van der Waals surface area contributed by atoms with Crippen molar-refractivity contribution in [2.45, 2.75) is 25.4 Å². The van der Waals surface area contributed by atoms with Gasteiger partial charge in [0.2, 0.25) is 0 Å². The minimum absolute atomic E-state index is 0.506. The van der Waals surface area contributed by atoms with Crippen LogP contribution in [0.3, 0.4) is 0 Å². The zero-order chi connectivity index (χ0) is 24.7. The molecular formula is C34H34Si2. The normalized spacial score (nSPS) is 12.1. The molecule has 5 aromatic carbocycles. The fourth-order valence-corrected chi connectivity index (χ4v) is 13.7. The first-order valence-corrected chi connectivity index (χ1v) is 16.8. The van der Waals surface area contributed by atoms with Gasteiger partial charge in [-0.15, -0.1) is 0 Å². The molecule has 0 saturated heterocycles. The van der Waals surface area contributed by atoms with E-state index < -0.39 is 17.6 Å². The van der Waals surface area contributed by atoms with Crippen molar-refractivity contribution in [3.05, 3.63) is 156 Å². The molecule has 0 bridgehead atoms. The maximum atomic E-state index is 2.48. The predicted octanol–water partition coefficient (Wildman–Crippen LogP) is 5.01. The summed E-state index contributed by atoms with van der Waals surface area (Å²) in [5.74, 6) is 0. The number of rotatable bonds is 8. The Morgan fingerprint density at radius 3 is 1.31 bits per heavy atom. The van der Waals surface area contributed by atoms with Gasteiger partial charge in [0.1, 0.15) is 17.6 Å². The van der Waals surface area contributed by atoms with Crippen LogP contribution in [0.15, 0.2) is 140 Å². The van der Waals surface area contributed by atoms with E-state index in [-0.39, 0.29) is 0 Å². The van der Waals surface area contributed by atoms with Crippen LogP contribution in [0.2, 0.25) is 6.04 Å². The van der Waals surface area contributed by atoms with E-state index in [1.54, 1.807) is 0 Å². The Balaban J connectivity index is 1.69. The highest BCUT2D eigenvalue weighted by atomic mass is 28.3. The number of aryl methyl sites for hydroxylation is 2. The van der Waals surface area contributed by atoms with Gasteiger partial charge in [-0.3, -0.25) is 0 Å². The van der Waals surface area contributed by atoms with Gasteiger partial charge in [-0.25, -0.2) is 0 Å². The zero-order valence-electron chi connectivity index (χ0n) is 21.2. The van der Waals surface area contributed by atoms with Crippen LogP contribution >= 0.6 is 0 Å². The Kier molecular flexibility index (Phi) is 7.75. The summed E-state index contributed by atoms with van der Waals surface area (Å²) in [6.45, 7) is 4.49. The van der Waals surface area contributed by atoms with E-state index in [4.69, 9.17) is 0 Å². The second-order valence-corrected chi connectivity index (χ2v) is 15.9. The molecule has 0 N–H and O–H groups in total. The quantitative estimate of drug-likeness (QED) is 0.264. The molecular weight excluding hydrogens is 465 g/mol. The molecule has 1 atom stereocenters. The lowest BCUT2D eigenvalue weighted by Crippen LogP contribution is -2.51. The van der Waals surface area contributed by atoms with Gasteiger partial charge in [0.05, 0.1) is 0 Å². The summed E-state index contributed by atoms with van der Waals surface area (Å²) in [5, 5.41) is 6.12. The van der Waals surface area contributed by atoms with Crippen LogP contribution in [0.4, 0.5) is 0 Å². The highest BCUT2D eigenvalue weighted by Gasteiger charge is 2.32. The third kappa shape index (κ3) is 5.51. The summed E-state index contributed by atoms with van der Waals surface area (Å²) in [7, 11) is -3.07. The second kappa shape index (κ2) is 11.5. The summed E-state index contributed by atoms with van der Waals surface area (Å²) in [6.07, 6.45) is 0. The number of hydrogen-bond acceptors (Lipinski definition) is 0. The molecule has 178 valence electrons. The van der Waals surface area contributed by atoms with Crippen molar-refractivity contribution in [3.63, 3.8) is 0 Å². The topological polar surface area (TPSA) is 0 Å². The molecule has 0 saturated carbocycles.